The number of nitrogens with one attached hydrogen (secondary N) is 1. The van der Waals surface area contributed by atoms with Gasteiger partial charge in [-0.3, -0.25) is 0 Å². The van der Waals surface area contributed by atoms with Crippen LogP contribution in [0.4, 0.5) is 11.4 Å². The topological polar surface area (TPSA) is 44.5 Å². The van der Waals surface area contributed by atoms with Crippen molar-refractivity contribution in [3.8, 4) is 0 Å². The Hall–Kier alpha value is -2.04. The largest absolute Gasteiger partial charge is 0.399 e. The first-order valence-corrected chi connectivity index (χ1v) is 8.86. The summed E-state index contributed by atoms with van der Waals surface area (Å²) in [6.07, 6.45) is 0. The zero-order valence-electron chi connectivity index (χ0n) is 14.5. The molecule has 0 aromatic heterocycles. The standard InChI is InChI=1S/C20H28N4/c1-2-23-11-13-24(14-12-23)20-9-5-18(6-10-20)16-22-15-17-3-7-19(21)8-4-17/h3-10,22H,2,11-16,21H2,1H3. The van der Waals surface area contributed by atoms with Gasteiger partial charge in [0.1, 0.15) is 0 Å². The molecule has 1 heterocycles. The summed E-state index contributed by atoms with van der Waals surface area (Å²) in [5.41, 5.74) is 10.4. The van der Waals surface area contributed by atoms with E-state index in [1.165, 1.54) is 29.9 Å². The Bertz CT molecular complexity index is 613. The van der Waals surface area contributed by atoms with Crippen molar-refractivity contribution < 1.29 is 0 Å². The lowest BCUT2D eigenvalue weighted by Gasteiger charge is -2.35. The quantitative estimate of drug-likeness (QED) is 0.802. The Morgan fingerprint density at radius 1 is 0.833 bits per heavy atom. The number of nitrogens with zero attached hydrogens (tertiary/aromatic N) is 2. The average molecular weight is 324 g/mol. The van der Waals surface area contributed by atoms with Crippen LogP contribution in [0.1, 0.15) is 18.1 Å². The van der Waals surface area contributed by atoms with E-state index in [4.69, 9.17) is 5.73 Å². The second-order valence-electron chi connectivity index (χ2n) is 6.43. The molecule has 4 nitrogen and oxygen atoms in total. The summed E-state index contributed by atoms with van der Waals surface area (Å²) in [6.45, 7) is 9.73. The minimum atomic E-state index is 0.814. The molecule has 0 radical (unpaired) electrons. The molecule has 4 heteroatoms. The summed E-state index contributed by atoms with van der Waals surface area (Å²) in [6, 6.07) is 17.0. The van der Waals surface area contributed by atoms with E-state index in [9.17, 15) is 0 Å². The highest BCUT2D eigenvalue weighted by Crippen LogP contribution is 2.17. The van der Waals surface area contributed by atoms with E-state index in [2.05, 4.69) is 58.4 Å². The van der Waals surface area contributed by atoms with E-state index in [-0.39, 0.29) is 0 Å². The summed E-state index contributed by atoms with van der Waals surface area (Å²) in [5.74, 6) is 0. The van der Waals surface area contributed by atoms with Crippen LogP contribution >= 0.6 is 0 Å². The molecule has 0 saturated carbocycles. The fourth-order valence-corrected chi connectivity index (χ4v) is 3.13. The van der Waals surface area contributed by atoms with E-state index >= 15 is 0 Å². The molecule has 0 spiro atoms. The molecule has 2 aromatic carbocycles. The Morgan fingerprint density at radius 3 is 1.92 bits per heavy atom. The molecule has 1 fully saturated rings. The number of hydrogen-bond donors (Lipinski definition) is 2. The summed E-state index contributed by atoms with van der Waals surface area (Å²) in [5, 5.41) is 3.49. The zero-order valence-corrected chi connectivity index (χ0v) is 14.5. The van der Waals surface area contributed by atoms with Gasteiger partial charge in [0.25, 0.3) is 0 Å². The number of benzene rings is 2. The molecule has 2 aromatic rings. The Kier molecular flexibility index (Phi) is 5.72. The van der Waals surface area contributed by atoms with Crippen LogP contribution < -0.4 is 16.0 Å². The van der Waals surface area contributed by atoms with Crippen molar-refractivity contribution in [1.29, 1.82) is 0 Å². The lowest BCUT2D eigenvalue weighted by Crippen LogP contribution is -2.46. The molecular formula is C20H28N4. The third-order valence-corrected chi connectivity index (χ3v) is 4.76. The fourth-order valence-electron chi connectivity index (χ4n) is 3.13. The van der Waals surface area contributed by atoms with Crippen LogP contribution in [-0.2, 0) is 13.1 Å². The summed E-state index contributed by atoms with van der Waals surface area (Å²) < 4.78 is 0. The monoisotopic (exact) mass is 324 g/mol. The van der Waals surface area contributed by atoms with E-state index in [1.807, 2.05) is 12.1 Å². The Labute approximate surface area is 145 Å². The minimum Gasteiger partial charge on any atom is -0.399 e. The van der Waals surface area contributed by atoms with Gasteiger partial charge in [-0.25, -0.2) is 0 Å². The highest BCUT2D eigenvalue weighted by molar-refractivity contribution is 5.48. The lowest BCUT2D eigenvalue weighted by atomic mass is 10.1. The third-order valence-electron chi connectivity index (χ3n) is 4.76. The maximum Gasteiger partial charge on any atom is 0.0367 e. The predicted molar refractivity (Wildman–Crippen MR) is 102 cm³/mol. The maximum atomic E-state index is 5.71. The number of nitrogens with two attached hydrogens (primary N) is 1. The molecule has 0 bridgehead atoms. The van der Waals surface area contributed by atoms with Crippen LogP contribution in [0.2, 0.25) is 0 Å². The van der Waals surface area contributed by atoms with Crippen LogP contribution in [0, 0.1) is 0 Å². The van der Waals surface area contributed by atoms with Crippen LogP contribution in [-0.4, -0.2) is 37.6 Å². The normalized spacial score (nSPS) is 15.6. The van der Waals surface area contributed by atoms with Gasteiger partial charge in [0.15, 0.2) is 0 Å². The van der Waals surface area contributed by atoms with Crippen molar-refractivity contribution in [1.82, 2.24) is 10.2 Å². The first-order chi connectivity index (χ1) is 11.7. The Morgan fingerprint density at radius 2 is 1.38 bits per heavy atom. The van der Waals surface area contributed by atoms with Gasteiger partial charge in [-0.15, -0.1) is 0 Å². The number of likely N-dealkylation sites (N-methyl/N-ethyl adjacent to an activating group) is 1. The molecule has 128 valence electrons. The van der Waals surface area contributed by atoms with Crippen molar-refractivity contribution in [2.45, 2.75) is 20.0 Å². The van der Waals surface area contributed by atoms with Crippen LogP contribution in [0.15, 0.2) is 48.5 Å². The molecule has 1 aliphatic heterocycles. The summed E-state index contributed by atoms with van der Waals surface area (Å²) >= 11 is 0. The Balaban J connectivity index is 1.47. The van der Waals surface area contributed by atoms with Gasteiger partial charge in [-0.2, -0.15) is 0 Å². The first-order valence-electron chi connectivity index (χ1n) is 8.86. The van der Waals surface area contributed by atoms with Gasteiger partial charge < -0.3 is 20.9 Å². The maximum absolute atomic E-state index is 5.71. The molecule has 3 rings (SSSR count). The minimum absolute atomic E-state index is 0.814. The summed E-state index contributed by atoms with van der Waals surface area (Å²) in [7, 11) is 0. The third kappa shape index (κ3) is 4.49. The summed E-state index contributed by atoms with van der Waals surface area (Å²) in [4.78, 5) is 4.99. The van der Waals surface area contributed by atoms with E-state index in [0.717, 1.165) is 38.4 Å². The number of piperazine rings is 1. The molecule has 3 N–H and O–H groups in total. The highest BCUT2D eigenvalue weighted by atomic mass is 15.3. The van der Waals surface area contributed by atoms with Crippen molar-refractivity contribution in [2.24, 2.45) is 0 Å². The fraction of sp³-hybridized carbons (Fsp3) is 0.400. The van der Waals surface area contributed by atoms with E-state index in [1.54, 1.807) is 0 Å². The van der Waals surface area contributed by atoms with Gasteiger partial charge in [-0.1, -0.05) is 31.2 Å². The van der Waals surface area contributed by atoms with Gasteiger partial charge in [0, 0.05) is 50.6 Å². The van der Waals surface area contributed by atoms with Gasteiger partial charge in [-0.05, 0) is 41.9 Å². The van der Waals surface area contributed by atoms with Crippen molar-refractivity contribution in [3.63, 3.8) is 0 Å². The lowest BCUT2D eigenvalue weighted by molar-refractivity contribution is 0.271. The first kappa shape index (κ1) is 16.8. The molecular weight excluding hydrogens is 296 g/mol. The smallest absolute Gasteiger partial charge is 0.0367 e. The van der Waals surface area contributed by atoms with Crippen LogP contribution in [0.5, 0.6) is 0 Å². The van der Waals surface area contributed by atoms with Gasteiger partial charge in [0.2, 0.25) is 0 Å². The molecule has 1 aliphatic rings. The van der Waals surface area contributed by atoms with Gasteiger partial charge >= 0.3 is 0 Å². The van der Waals surface area contributed by atoms with E-state index < -0.39 is 0 Å². The van der Waals surface area contributed by atoms with Crippen molar-refractivity contribution in [2.75, 3.05) is 43.4 Å². The average Bonchev–Trinajstić information content (AvgIpc) is 2.64. The second kappa shape index (κ2) is 8.18. The van der Waals surface area contributed by atoms with Crippen LogP contribution in [0.25, 0.3) is 0 Å². The second-order valence-corrected chi connectivity index (χ2v) is 6.43. The molecule has 0 unspecified atom stereocenters. The molecule has 24 heavy (non-hydrogen) atoms. The van der Waals surface area contributed by atoms with Crippen molar-refractivity contribution >= 4 is 11.4 Å². The SMILES string of the molecule is CCN1CCN(c2ccc(CNCc3ccc(N)cc3)cc2)CC1. The number of nitrogen functional groups attached to an aromatic ring is 1. The molecule has 0 atom stereocenters. The zero-order chi connectivity index (χ0) is 16.8. The number of rotatable bonds is 6. The molecule has 1 saturated heterocycles. The molecule has 0 aliphatic carbocycles. The molecule has 0 amide bonds. The highest BCUT2D eigenvalue weighted by Gasteiger charge is 2.15. The number of hydrogen-bond acceptors (Lipinski definition) is 4. The van der Waals surface area contributed by atoms with Crippen LogP contribution in [0.3, 0.4) is 0 Å². The van der Waals surface area contributed by atoms with E-state index in [0.29, 0.717) is 0 Å². The predicted octanol–water partition coefficient (Wildman–Crippen LogP) is 2.70. The number of anilines is 2. The van der Waals surface area contributed by atoms with Crippen molar-refractivity contribution in [3.05, 3.63) is 59.7 Å². The van der Waals surface area contributed by atoms with Gasteiger partial charge in [0.05, 0.1) is 0 Å².